The van der Waals surface area contributed by atoms with Crippen molar-refractivity contribution in [3.63, 3.8) is 0 Å². The number of anilines is 1. The van der Waals surface area contributed by atoms with Gasteiger partial charge in [0.25, 0.3) is 5.69 Å². The van der Waals surface area contributed by atoms with Gasteiger partial charge in [-0.2, -0.15) is 5.26 Å². The Morgan fingerprint density at radius 2 is 2.10 bits per heavy atom. The SMILES string of the molecule is Cc1ccc([N+](=O)[O-])c(NCc2cccc(C#N)c2)c1. The zero-order chi connectivity index (χ0) is 14.5. The summed E-state index contributed by atoms with van der Waals surface area (Å²) in [5.41, 5.74) is 2.95. The zero-order valence-electron chi connectivity index (χ0n) is 11.0. The van der Waals surface area contributed by atoms with Gasteiger partial charge in [0.1, 0.15) is 5.69 Å². The Labute approximate surface area is 116 Å². The minimum Gasteiger partial charge on any atom is -0.375 e. The molecule has 0 saturated heterocycles. The van der Waals surface area contributed by atoms with Gasteiger partial charge >= 0.3 is 0 Å². The molecule has 2 aromatic carbocycles. The van der Waals surface area contributed by atoms with Crippen LogP contribution in [-0.4, -0.2) is 4.92 Å². The summed E-state index contributed by atoms with van der Waals surface area (Å²) in [4.78, 5) is 10.6. The molecule has 2 rings (SSSR count). The molecule has 0 heterocycles. The number of nitrogens with one attached hydrogen (secondary N) is 1. The predicted molar refractivity (Wildman–Crippen MR) is 76.3 cm³/mol. The van der Waals surface area contributed by atoms with E-state index in [0.29, 0.717) is 17.8 Å². The molecule has 0 aliphatic rings. The third-order valence-corrected chi connectivity index (χ3v) is 2.89. The molecule has 5 heteroatoms. The van der Waals surface area contributed by atoms with E-state index in [9.17, 15) is 10.1 Å². The Morgan fingerprint density at radius 1 is 1.30 bits per heavy atom. The Morgan fingerprint density at radius 3 is 2.80 bits per heavy atom. The highest BCUT2D eigenvalue weighted by molar-refractivity contribution is 5.62. The molecular formula is C15H13N3O2. The highest BCUT2D eigenvalue weighted by Crippen LogP contribution is 2.25. The third-order valence-electron chi connectivity index (χ3n) is 2.89. The fraction of sp³-hybridized carbons (Fsp3) is 0.133. The molecule has 0 atom stereocenters. The number of aryl methyl sites for hydroxylation is 1. The van der Waals surface area contributed by atoms with Crippen molar-refractivity contribution in [1.82, 2.24) is 0 Å². The van der Waals surface area contributed by atoms with E-state index >= 15 is 0 Å². The van der Waals surface area contributed by atoms with Crippen molar-refractivity contribution >= 4 is 11.4 Å². The molecule has 5 nitrogen and oxygen atoms in total. The number of nitro benzene ring substituents is 1. The highest BCUT2D eigenvalue weighted by atomic mass is 16.6. The van der Waals surface area contributed by atoms with Crippen LogP contribution in [0.4, 0.5) is 11.4 Å². The fourth-order valence-corrected chi connectivity index (χ4v) is 1.90. The zero-order valence-corrected chi connectivity index (χ0v) is 11.0. The molecule has 0 aliphatic carbocycles. The van der Waals surface area contributed by atoms with Gasteiger partial charge in [-0.05, 0) is 36.2 Å². The quantitative estimate of drug-likeness (QED) is 0.680. The van der Waals surface area contributed by atoms with Gasteiger partial charge in [-0.1, -0.05) is 18.2 Å². The molecule has 1 N–H and O–H groups in total. The Balaban J connectivity index is 2.20. The minimum atomic E-state index is -0.409. The molecule has 0 radical (unpaired) electrons. The second-order valence-corrected chi connectivity index (χ2v) is 4.44. The van der Waals surface area contributed by atoms with Gasteiger partial charge in [-0.3, -0.25) is 10.1 Å². The van der Waals surface area contributed by atoms with Crippen LogP contribution in [0.1, 0.15) is 16.7 Å². The molecular weight excluding hydrogens is 254 g/mol. The highest BCUT2D eigenvalue weighted by Gasteiger charge is 2.12. The van der Waals surface area contributed by atoms with Crippen LogP contribution < -0.4 is 5.32 Å². The molecule has 0 unspecified atom stereocenters. The number of hydrogen-bond donors (Lipinski definition) is 1. The first-order valence-corrected chi connectivity index (χ1v) is 6.08. The van der Waals surface area contributed by atoms with E-state index in [4.69, 9.17) is 5.26 Å². The monoisotopic (exact) mass is 267 g/mol. The van der Waals surface area contributed by atoms with Crippen molar-refractivity contribution < 1.29 is 4.92 Å². The van der Waals surface area contributed by atoms with E-state index in [-0.39, 0.29) is 5.69 Å². The molecule has 20 heavy (non-hydrogen) atoms. The Bertz CT molecular complexity index is 690. The fourth-order valence-electron chi connectivity index (χ4n) is 1.90. The summed E-state index contributed by atoms with van der Waals surface area (Å²) < 4.78 is 0. The van der Waals surface area contributed by atoms with E-state index in [1.165, 1.54) is 6.07 Å². The molecule has 0 aromatic heterocycles. The molecule has 0 spiro atoms. The van der Waals surface area contributed by atoms with Crippen molar-refractivity contribution in [2.24, 2.45) is 0 Å². The molecule has 0 saturated carbocycles. The van der Waals surface area contributed by atoms with Crippen molar-refractivity contribution in [2.45, 2.75) is 13.5 Å². The normalized spacial score (nSPS) is 9.80. The van der Waals surface area contributed by atoms with Gasteiger partial charge in [-0.25, -0.2) is 0 Å². The smallest absolute Gasteiger partial charge is 0.292 e. The second-order valence-electron chi connectivity index (χ2n) is 4.44. The summed E-state index contributed by atoms with van der Waals surface area (Å²) in [5.74, 6) is 0. The van der Waals surface area contributed by atoms with E-state index in [2.05, 4.69) is 11.4 Å². The van der Waals surface area contributed by atoms with Crippen LogP contribution >= 0.6 is 0 Å². The van der Waals surface area contributed by atoms with E-state index in [1.807, 2.05) is 13.0 Å². The summed E-state index contributed by atoms with van der Waals surface area (Å²) in [6.45, 7) is 2.31. The van der Waals surface area contributed by atoms with Crippen LogP contribution in [0.25, 0.3) is 0 Å². The maximum Gasteiger partial charge on any atom is 0.292 e. The van der Waals surface area contributed by atoms with Gasteiger partial charge < -0.3 is 5.32 Å². The lowest BCUT2D eigenvalue weighted by molar-refractivity contribution is -0.384. The number of rotatable bonds is 4. The number of benzene rings is 2. The number of nitro groups is 1. The van der Waals surface area contributed by atoms with Gasteiger partial charge in [0.15, 0.2) is 0 Å². The lowest BCUT2D eigenvalue weighted by Gasteiger charge is -2.08. The van der Waals surface area contributed by atoms with Crippen molar-refractivity contribution in [2.75, 3.05) is 5.32 Å². The van der Waals surface area contributed by atoms with Crippen molar-refractivity contribution in [1.29, 1.82) is 5.26 Å². The van der Waals surface area contributed by atoms with Gasteiger partial charge in [-0.15, -0.1) is 0 Å². The second kappa shape index (κ2) is 5.85. The van der Waals surface area contributed by atoms with Crippen LogP contribution in [0.15, 0.2) is 42.5 Å². The number of nitrogens with zero attached hydrogens (tertiary/aromatic N) is 2. The van der Waals surface area contributed by atoms with Gasteiger partial charge in [0, 0.05) is 12.6 Å². The molecule has 0 amide bonds. The lowest BCUT2D eigenvalue weighted by Crippen LogP contribution is -2.03. The van der Waals surface area contributed by atoms with Crippen LogP contribution in [0, 0.1) is 28.4 Å². The first kappa shape index (κ1) is 13.6. The standard InChI is InChI=1S/C15H13N3O2/c1-11-5-6-15(18(19)20)14(7-11)17-10-13-4-2-3-12(8-13)9-16/h2-8,17H,10H2,1H3. The van der Waals surface area contributed by atoms with Crippen LogP contribution in [0.2, 0.25) is 0 Å². The predicted octanol–water partition coefficient (Wildman–Crippen LogP) is 3.39. The molecule has 100 valence electrons. The lowest BCUT2D eigenvalue weighted by atomic mass is 10.1. The van der Waals surface area contributed by atoms with Crippen LogP contribution in [0.3, 0.4) is 0 Å². The molecule has 0 bridgehead atoms. The largest absolute Gasteiger partial charge is 0.375 e. The third kappa shape index (κ3) is 3.12. The van der Waals surface area contributed by atoms with Crippen molar-refractivity contribution in [3.05, 3.63) is 69.3 Å². The minimum absolute atomic E-state index is 0.0482. The average molecular weight is 267 g/mol. The number of hydrogen-bond acceptors (Lipinski definition) is 4. The van der Waals surface area contributed by atoms with Crippen molar-refractivity contribution in [3.8, 4) is 6.07 Å². The Kier molecular flexibility index (Phi) is 3.96. The molecule has 2 aromatic rings. The van der Waals surface area contributed by atoms with E-state index in [0.717, 1.165) is 11.1 Å². The van der Waals surface area contributed by atoms with Crippen LogP contribution in [0.5, 0.6) is 0 Å². The van der Waals surface area contributed by atoms with Crippen LogP contribution in [-0.2, 0) is 6.54 Å². The first-order valence-electron chi connectivity index (χ1n) is 6.08. The topological polar surface area (TPSA) is 79.0 Å². The molecule has 0 fully saturated rings. The summed E-state index contributed by atoms with van der Waals surface area (Å²) in [5, 5.41) is 22.9. The Hall–Kier alpha value is -2.87. The van der Waals surface area contributed by atoms with Gasteiger partial charge in [0.2, 0.25) is 0 Å². The van der Waals surface area contributed by atoms with E-state index < -0.39 is 4.92 Å². The van der Waals surface area contributed by atoms with Gasteiger partial charge in [0.05, 0.1) is 16.6 Å². The molecule has 0 aliphatic heterocycles. The first-order chi connectivity index (χ1) is 9.60. The number of nitriles is 1. The van der Waals surface area contributed by atoms with E-state index in [1.54, 1.807) is 30.3 Å². The maximum absolute atomic E-state index is 11.0. The summed E-state index contributed by atoms with van der Waals surface area (Å²) in [7, 11) is 0. The average Bonchev–Trinajstić information content (AvgIpc) is 2.45. The summed E-state index contributed by atoms with van der Waals surface area (Å²) >= 11 is 0. The summed E-state index contributed by atoms with van der Waals surface area (Å²) in [6, 6.07) is 14.1. The summed E-state index contributed by atoms with van der Waals surface area (Å²) in [6.07, 6.45) is 0. The maximum atomic E-state index is 11.0.